The molecule has 68 valence electrons. The lowest BCUT2D eigenvalue weighted by Crippen LogP contribution is -2.07. The molecule has 2 heterocycles. The summed E-state index contributed by atoms with van der Waals surface area (Å²) in [6, 6.07) is 0. The molecule has 13 heavy (non-hydrogen) atoms. The molecule has 0 spiro atoms. The molecule has 2 rings (SSSR count). The highest BCUT2D eigenvalue weighted by molar-refractivity contribution is 5.43. The first-order valence-corrected chi connectivity index (χ1v) is 3.89. The fraction of sp³-hybridized carbons (Fsp3) is 0.286. The minimum absolute atomic E-state index is 0.427. The predicted octanol–water partition coefficient (Wildman–Crippen LogP) is -0.108. The Kier molecular flexibility index (Phi) is 2.05. The minimum Gasteiger partial charge on any atom is -0.335 e. The second kappa shape index (κ2) is 3.36. The SMILES string of the molecule is NCCn1cnc(-c2ncno2)c1. The van der Waals surface area contributed by atoms with Crippen molar-refractivity contribution < 1.29 is 4.52 Å². The molecule has 0 aliphatic heterocycles. The maximum Gasteiger partial charge on any atom is 0.277 e. The fourth-order valence-electron chi connectivity index (χ4n) is 1.03. The Morgan fingerprint density at radius 3 is 3.08 bits per heavy atom. The van der Waals surface area contributed by atoms with Crippen LogP contribution >= 0.6 is 0 Å². The molecule has 6 heteroatoms. The van der Waals surface area contributed by atoms with Gasteiger partial charge in [-0.05, 0) is 0 Å². The van der Waals surface area contributed by atoms with Crippen LogP contribution in [0.25, 0.3) is 11.6 Å². The normalized spacial score (nSPS) is 10.5. The fourth-order valence-corrected chi connectivity index (χ4v) is 1.03. The van der Waals surface area contributed by atoms with Crippen molar-refractivity contribution in [2.24, 2.45) is 5.73 Å². The molecule has 0 aromatic carbocycles. The van der Waals surface area contributed by atoms with E-state index < -0.39 is 0 Å². The van der Waals surface area contributed by atoms with Crippen LogP contribution in [0.5, 0.6) is 0 Å². The average Bonchev–Trinajstić information content (AvgIpc) is 2.70. The quantitative estimate of drug-likeness (QED) is 0.710. The van der Waals surface area contributed by atoms with Crippen molar-refractivity contribution in [3.63, 3.8) is 0 Å². The van der Waals surface area contributed by atoms with E-state index in [4.69, 9.17) is 10.3 Å². The summed E-state index contributed by atoms with van der Waals surface area (Å²) in [5.74, 6) is 0.427. The van der Waals surface area contributed by atoms with Gasteiger partial charge < -0.3 is 14.8 Å². The number of hydrogen-bond acceptors (Lipinski definition) is 5. The van der Waals surface area contributed by atoms with Crippen molar-refractivity contribution in [2.75, 3.05) is 6.54 Å². The highest BCUT2D eigenvalue weighted by atomic mass is 16.5. The highest BCUT2D eigenvalue weighted by Gasteiger charge is 2.06. The van der Waals surface area contributed by atoms with E-state index >= 15 is 0 Å². The molecule has 6 nitrogen and oxygen atoms in total. The Hall–Kier alpha value is -1.69. The van der Waals surface area contributed by atoms with Crippen LogP contribution in [0, 0.1) is 0 Å². The van der Waals surface area contributed by atoms with Gasteiger partial charge in [0.25, 0.3) is 5.89 Å². The smallest absolute Gasteiger partial charge is 0.277 e. The van der Waals surface area contributed by atoms with E-state index in [1.807, 2.05) is 10.8 Å². The first kappa shape index (κ1) is 7.93. The Labute approximate surface area is 74.4 Å². The molecule has 0 aliphatic carbocycles. The van der Waals surface area contributed by atoms with Gasteiger partial charge in [0.1, 0.15) is 5.69 Å². The largest absolute Gasteiger partial charge is 0.335 e. The van der Waals surface area contributed by atoms with Crippen LogP contribution < -0.4 is 5.73 Å². The molecule has 2 N–H and O–H groups in total. The standard InChI is InChI=1S/C7H9N5O/c8-1-2-12-3-6(10-5-12)7-9-4-11-13-7/h3-5H,1-2,8H2. The van der Waals surface area contributed by atoms with Gasteiger partial charge in [0.2, 0.25) is 0 Å². The van der Waals surface area contributed by atoms with E-state index in [0.29, 0.717) is 18.1 Å². The van der Waals surface area contributed by atoms with E-state index in [0.717, 1.165) is 6.54 Å². The number of nitrogens with zero attached hydrogens (tertiary/aromatic N) is 4. The highest BCUT2D eigenvalue weighted by Crippen LogP contribution is 2.11. The first-order valence-electron chi connectivity index (χ1n) is 3.89. The molecule has 0 amide bonds. The van der Waals surface area contributed by atoms with Gasteiger partial charge in [-0.1, -0.05) is 5.16 Å². The Morgan fingerprint density at radius 1 is 1.46 bits per heavy atom. The van der Waals surface area contributed by atoms with Crippen LogP contribution in [0.15, 0.2) is 23.4 Å². The van der Waals surface area contributed by atoms with E-state index in [-0.39, 0.29) is 0 Å². The summed E-state index contributed by atoms with van der Waals surface area (Å²) in [5.41, 5.74) is 6.06. The molecule has 0 saturated carbocycles. The van der Waals surface area contributed by atoms with Gasteiger partial charge in [-0.3, -0.25) is 0 Å². The van der Waals surface area contributed by atoms with Crippen LogP contribution in [-0.4, -0.2) is 26.2 Å². The maximum absolute atomic E-state index is 5.39. The van der Waals surface area contributed by atoms with E-state index in [9.17, 15) is 0 Å². The lowest BCUT2D eigenvalue weighted by atomic mass is 10.5. The zero-order chi connectivity index (χ0) is 9.10. The molecule has 0 unspecified atom stereocenters. The summed E-state index contributed by atoms with van der Waals surface area (Å²) >= 11 is 0. The summed E-state index contributed by atoms with van der Waals surface area (Å²) < 4.78 is 6.72. The van der Waals surface area contributed by atoms with Crippen LogP contribution in [0.3, 0.4) is 0 Å². The summed E-state index contributed by atoms with van der Waals surface area (Å²) in [6.45, 7) is 1.32. The third kappa shape index (κ3) is 1.57. The first-order chi connectivity index (χ1) is 6.40. The van der Waals surface area contributed by atoms with Gasteiger partial charge in [-0.25, -0.2) is 4.98 Å². The van der Waals surface area contributed by atoms with Crippen LogP contribution in [0.2, 0.25) is 0 Å². The second-order valence-corrected chi connectivity index (χ2v) is 2.53. The molecule has 0 saturated heterocycles. The molecule has 0 fully saturated rings. The maximum atomic E-state index is 5.39. The minimum atomic E-state index is 0.427. The number of hydrogen-bond donors (Lipinski definition) is 1. The van der Waals surface area contributed by atoms with Crippen molar-refractivity contribution in [3.05, 3.63) is 18.9 Å². The van der Waals surface area contributed by atoms with Gasteiger partial charge in [0.05, 0.1) is 6.33 Å². The molecule has 0 atom stereocenters. The average molecular weight is 179 g/mol. The van der Waals surface area contributed by atoms with Gasteiger partial charge in [-0.15, -0.1) is 0 Å². The van der Waals surface area contributed by atoms with E-state index in [1.54, 1.807) is 6.33 Å². The summed E-state index contributed by atoms with van der Waals surface area (Å²) in [6.07, 6.45) is 4.85. The third-order valence-corrected chi connectivity index (χ3v) is 1.60. The van der Waals surface area contributed by atoms with Gasteiger partial charge in [0.15, 0.2) is 6.33 Å². The number of aromatic nitrogens is 4. The molecule has 0 aliphatic rings. The topological polar surface area (TPSA) is 82.8 Å². The molecular formula is C7H9N5O. The van der Waals surface area contributed by atoms with Gasteiger partial charge in [-0.2, -0.15) is 4.98 Å². The van der Waals surface area contributed by atoms with Crippen LogP contribution in [0.4, 0.5) is 0 Å². The summed E-state index contributed by atoms with van der Waals surface area (Å²) in [7, 11) is 0. The van der Waals surface area contributed by atoms with Crippen LogP contribution in [-0.2, 0) is 6.54 Å². The Balaban J connectivity index is 2.23. The lowest BCUT2D eigenvalue weighted by Gasteiger charge is -1.94. The number of imidazole rings is 1. The Bertz CT molecular complexity index is 366. The van der Waals surface area contributed by atoms with Crippen molar-refractivity contribution >= 4 is 0 Å². The summed E-state index contributed by atoms with van der Waals surface area (Å²) in [4.78, 5) is 7.96. The lowest BCUT2D eigenvalue weighted by molar-refractivity contribution is 0.429. The van der Waals surface area contributed by atoms with E-state index in [2.05, 4.69) is 15.1 Å². The zero-order valence-electron chi connectivity index (χ0n) is 6.92. The van der Waals surface area contributed by atoms with Crippen LogP contribution in [0.1, 0.15) is 0 Å². The molecule has 2 aromatic heterocycles. The zero-order valence-corrected chi connectivity index (χ0v) is 6.92. The molecule has 0 bridgehead atoms. The van der Waals surface area contributed by atoms with Crippen molar-refractivity contribution in [1.82, 2.24) is 19.7 Å². The van der Waals surface area contributed by atoms with E-state index in [1.165, 1.54) is 6.33 Å². The predicted molar refractivity (Wildman–Crippen MR) is 44.6 cm³/mol. The van der Waals surface area contributed by atoms with Gasteiger partial charge >= 0.3 is 0 Å². The van der Waals surface area contributed by atoms with Gasteiger partial charge in [0, 0.05) is 19.3 Å². The number of nitrogens with two attached hydrogens (primary N) is 1. The second-order valence-electron chi connectivity index (χ2n) is 2.53. The Morgan fingerprint density at radius 2 is 2.38 bits per heavy atom. The molecule has 2 aromatic rings. The van der Waals surface area contributed by atoms with Crippen molar-refractivity contribution in [1.29, 1.82) is 0 Å². The molecule has 0 radical (unpaired) electrons. The summed E-state index contributed by atoms with van der Waals surface area (Å²) in [5, 5.41) is 3.49. The third-order valence-electron chi connectivity index (χ3n) is 1.60. The van der Waals surface area contributed by atoms with Crippen molar-refractivity contribution in [3.8, 4) is 11.6 Å². The monoisotopic (exact) mass is 179 g/mol. The number of rotatable bonds is 3. The van der Waals surface area contributed by atoms with Crippen molar-refractivity contribution in [2.45, 2.75) is 6.54 Å². The molecular weight excluding hydrogens is 170 g/mol.